The van der Waals surface area contributed by atoms with Crippen molar-refractivity contribution in [2.45, 2.75) is 6.92 Å². The summed E-state index contributed by atoms with van der Waals surface area (Å²) in [5.74, 6) is 0. The van der Waals surface area contributed by atoms with E-state index in [9.17, 15) is 0 Å². The minimum absolute atomic E-state index is 0.0625. The van der Waals surface area contributed by atoms with Gasteiger partial charge >= 0.3 is 0 Å². The maximum absolute atomic E-state index is 5.14. The molecule has 0 aromatic rings. The standard InChI is InChI=1S/C7H14O3/c1-7(3-8-2)4-9-6-10-5-7/h3-6H2,1-2H3. The topological polar surface area (TPSA) is 27.7 Å². The Morgan fingerprint density at radius 3 is 2.50 bits per heavy atom. The largest absolute Gasteiger partial charge is 0.384 e. The maximum atomic E-state index is 5.14. The summed E-state index contributed by atoms with van der Waals surface area (Å²) in [6.07, 6.45) is 0. The van der Waals surface area contributed by atoms with Crippen LogP contribution >= 0.6 is 0 Å². The van der Waals surface area contributed by atoms with Gasteiger partial charge in [0.05, 0.1) is 19.8 Å². The Bertz CT molecular complexity index is 91.5. The van der Waals surface area contributed by atoms with Crippen molar-refractivity contribution in [3.63, 3.8) is 0 Å². The predicted octanol–water partition coefficient (Wildman–Crippen LogP) is 0.643. The van der Waals surface area contributed by atoms with E-state index in [4.69, 9.17) is 14.2 Å². The average molecular weight is 146 g/mol. The molecule has 0 unspecified atom stereocenters. The van der Waals surface area contributed by atoms with Crippen molar-refractivity contribution < 1.29 is 14.2 Å². The normalized spacial score (nSPS) is 24.6. The molecule has 0 amide bonds. The van der Waals surface area contributed by atoms with E-state index >= 15 is 0 Å². The molecule has 0 aromatic heterocycles. The average Bonchev–Trinajstić information content (AvgIpc) is 1.89. The molecule has 1 saturated heterocycles. The van der Waals surface area contributed by atoms with Crippen molar-refractivity contribution in [3.05, 3.63) is 0 Å². The molecular formula is C7H14O3. The van der Waals surface area contributed by atoms with Crippen molar-refractivity contribution in [2.24, 2.45) is 5.41 Å². The molecular weight excluding hydrogens is 132 g/mol. The molecule has 3 heteroatoms. The van der Waals surface area contributed by atoms with Crippen molar-refractivity contribution in [1.82, 2.24) is 0 Å². The van der Waals surface area contributed by atoms with Crippen LogP contribution in [0.5, 0.6) is 0 Å². The van der Waals surface area contributed by atoms with Crippen LogP contribution in [0.15, 0.2) is 0 Å². The van der Waals surface area contributed by atoms with Crippen LogP contribution in [-0.4, -0.2) is 33.7 Å². The highest BCUT2D eigenvalue weighted by Gasteiger charge is 2.28. The van der Waals surface area contributed by atoms with Gasteiger partial charge in [-0.2, -0.15) is 0 Å². The van der Waals surface area contributed by atoms with Gasteiger partial charge in [-0.25, -0.2) is 0 Å². The Balaban J connectivity index is 2.32. The van der Waals surface area contributed by atoms with Crippen molar-refractivity contribution in [1.29, 1.82) is 0 Å². The molecule has 0 aromatic carbocycles. The summed E-state index contributed by atoms with van der Waals surface area (Å²) in [5.41, 5.74) is 0.0625. The summed E-state index contributed by atoms with van der Waals surface area (Å²) in [6.45, 7) is 4.70. The first-order valence-corrected chi connectivity index (χ1v) is 3.41. The number of hydrogen-bond acceptors (Lipinski definition) is 3. The third-order valence-corrected chi connectivity index (χ3v) is 1.56. The van der Waals surface area contributed by atoms with E-state index in [1.54, 1.807) is 7.11 Å². The number of methoxy groups -OCH3 is 1. The summed E-state index contributed by atoms with van der Waals surface area (Å²) < 4.78 is 15.3. The fourth-order valence-corrected chi connectivity index (χ4v) is 1.11. The fraction of sp³-hybridized carbons (Fsp3) is 1.00. The highest BCUT2D eigenvalue weighted by Crippen LogP contribution is 2.20. The van der Waals surface area contributed by atoms with Crippen molar-refractivity contribution in [3.8, 4) is 0 Å². The SMILES string of the molecule is COCC1(C)COCOC1. The summed E-state index contributed by atoms with van der Waals surface area (Å²) in [4.78, 5) is 0. The van der Waals surface area contributed by atoms with Gasteiger partial charge in [0.15, 0.2) is 0 Å². The molecule has 0 radical (unpaired) electrons. The Morgan fingerprint density at radius 1 is 1.40 bits per heavy atom. The molecule has 1 heterocycles. The zero-order valence-electron chi connectivity index (χ0n) is 6.55. The summed E-state index contributed by atoms with van der Waals surface area (Å²) in [6, 6.07) is 0. The summed E-state index contributed by atoms with van der Waals surface area (Å²) in [7, 11) is 1.69. The molecule has 1 fully saturated rings. The Kier molecular flexibility index (Phi) is 2.65. The molecule has 1 aliphatic heterocycles. The van der Waals surface area contributed by atoms with Gasteiger partial charge in [-0.1, -0.05) is 6.92 Å². The quantitative estimate of drug-likeness (QED) is 0.572. The predicted molar refractivity (Wildman–Crippen MR) is 36.8 cm³/mol. The number of rotatable bonds is 2. The van der Waals surface area contributed by atoms with Crippen LogP contribution in [0.25, 0.3) is 0 Å². The van der Waals surface area contributed by atoms with Crippen LogP contribution in [0.2, 0.25) is 0 Å². The van der Waals surface area contributed by atoms with Crippen LogP contribution in [0.1, 0.15) is 6.92 Å². The van der Waals surface area contributed by atoms with E-state index in [0.717, 1.165) is 13.2 Å². The molecule has 10 heavy (non-hydrogen) atoms. The molecule has 1 rings (SSSR count). The third-order valence-electron chi connectivity index (χ3n) is 1.56. The second-order valence-corrected chi connectivity index (χ2v) is 3.06. The summed E-state index contributed by atoms with van der Waals surface area (Å²) in [5, 5.41) is 0. The first kappa shape index (κ1) is 7.98. The minimum atomic E-state index is 0.0625. The lowest BCUT2D eigenvalue weighted by Crippen LogP contribution is -2.38. The molecule has 0 atom stereocenters. The Labute approximate surface area is 61.3 Å². The van der Waals surface area contributed by atoms with Crippen molar-refractivity contribution in [2.75, 3.05) is 33.7 Å². The van der Waals surface area contributed by atoms with E-state index < -0.39 is 0 Å². The van der Waals surface area contributed by atoms with Gasteiger partial charge < -0.3 is 14.2 Å². The van der Waals surface area contributed by atoms with Crippen LogP contribution in [0, 0.1) is 5.41 Å². The van der Waals surface area contributed by atoms with Crippen LogP contribution in [0.3, 0.4) is 0 Å². The first-order valence-electron chi connectivity index (χ1n) is 3.41. The van der Waals surface area contributed by atoms with Crippen LogP contribution in [-0.2, 0) is 14.2 Å². The zero-order valence-corrected chi connectivity index (χ0v) is 6.55. The Morgan fingerprint density at radius 2 is 2.00 bits per heavy atom. The van der Waals surface area contributed by atoms with Gasteiger partial charge in [0.1, 0.15) is 6.79 Å². The highest BCUT2D eigenvalue weighted by molar-refractivity contribution is 4.74. The third kappa shape index (κ3) is 1.94. The minimum Gasteiger partial charge on any atom is -0.384 e. The van der Waals surface area contributed by atoms with Gasteiger partial charge in [-0.05, 0) is 0 Å². The highest BCUT2D eigenvalue weighted by atomic mass is 16.7. The molecule has 0 spiro atoms. The first-order chi connectivity index (χ1) is 4.77. The monoisotopic (exact) mass is 146 g/mol. The smallest absolute Gasteiger partial charge is 0.146 e. The second-order valence-electron chi connectivity index (χ2n) is 3.06. The molecule has 0 saturated carbocycles. The molecule has 0 N–H and O–H groups in total. The van der Waals surface area contributed by atoms with E-state index in [2.05, 4.69) is 6.92 Å². The van der Waals surface area contributed by atoms with Gasteiger partial charge in [-0.15, -0.1) is 0 Å². The maximum Gasteiger partial charge on any atom is 0.146 e. The summed E-state index contributed by atoms with van der Waals surface area (Å²) >= 11 is 0. The van der Waals surface area contributed by atoms with Gasteiger partial charge in [0.2, 0.25) is 0 Å². The van der Waals surface area contributed by atoms with Gasteiger partial charge in [0, 0.05) is 12.5 Å². The van der Waals surface area contributed by atoms with Gasteiger partial charge in [0.25, 0.3) is 0 Å². The fourth-order valence-electron chi connectivity index (χ4n) is 1.11. The Hall–Kier alpha value is -0.120. The van der Waals surface area contributed by atoms with Crippen molar-refractivity contribution >= 4 is 0 Å². The lowest BCUT2D eigenvalue weighted by molar-refractivity contribution is -0.172. The van der Waals surface area contributed by atoms with E-state index in [0.29, 0.717) is 13.4 Å². The lowest BCUT2D eigenvalue weighted by Gasteiger charge is -2.32. The molecule has 3 nitrogen and oxygen atoms in total. The number of hydrogen-bond donors (Lipinski definition) is 0. The number of ether oxygens (including phenoxy) is 3. The van der Waals surface area contributed by atoms with Crippen LogP contribution < -0.4 is 0 Å². The molecule has 0 bridgehead atoms. The van der Waals surface area contributed by atoms with E-state index in [1.807, 2.05) is 0 Å². The lowest BCUT2D eigenvalue weighted by atomic mass is 9.94. The van der Waals surface area contributed by atoms with Crippen LogP contribution in [0.4, 0.5) is 0 Å². The molecule has 0 aliphatic carbocycles. The molecule has 60 valence electrons. The zero-order chi connectivity index (χ0) is 7.45. The second kappa shape index (κ2) is 3.32. The van der Waals surface area contributed by atoms with E-state index in [-0.39, 0.29) is 5.41 Å². The molecule has 1 aliphatic rings. The van der Waals surface area contributed by atoms with Gasteiger partial charge in [-0.3, -0.25) is 0 Å². The van der Waals surface area contributed by atoms with E-state index in [1.165, 1.54) is 0 Å².